The predicted molar refractivity (Wildman–Crippen MR) is 121 cm³/mol. The van der Waals surface area contributed by atoms with E-state index in [0.717, 1.165) is 18.4 Å². The molecule has 0 spiro atoms. The molecule has 1 fully saturated rings. The summed E-state index contributed by atoms with van der Waals surface area (Å²) in [6.45, 7) is 8.43. The maximum absolute atomic E-state index is 10.5. The highest BCUT2D eigenvalue weighted by Gasteiger charge is 2.27. The molecule has 0 saturated carbocycles. The van der Waals surface area contributed by atoms with Crippen molar-refractivity contribution >= 4 is 24.0 Å². The lowest BCUT2D eigenvalue weighted by atomic mass is 9.83. The van der Waals surface area contributed by atoms with Crippen LogP contribution in [0.15, 0.2) is 61.2 Å². The van der Waals surface area contributed by atoms with Gasteiger partial charge in [-0.2, -0.15) is 0 Å². The van der Waals surface area contributed by atoms with Gasteiger partial charge >= 0.3 is 0 Å². The molecule has 140 valence electrons. The van der Waals surface area contributed by atoms with Gasteiger partial charge in [0.1, 0.15) is 5.75 Å². The summed E-state index contributed by atoms with van der Waals surface area (Å²) in [5.41, 5.74) is 3.51. The van der Waals surface area contributed by atoms with Crippen molar-refractivity contribution in [1.29, 1.82) is 0 Å². The van der Waals surface area contributed by atoms with E-state index in [-0.39, 0.29) is 29.9 Å². The van der Waals surface area contributed by atoms with E-state index in [1.54, 1.807) is 0 Å². The van der Waals surface area contributed by atoms with Crippen molar-refractivity contribution in [3.8, 4) is 5.75 Å². The van der Waals surface area contributed by atoms with E-state index in [9.17, 15) is 5.11 Å². The molecule has 1 heterocycles. The summed E-state index contributed by atoms with van der Waals surface area (Å²) in [7, 11) is 0. The normalized spacial score (nSPS) is 16.7. The van der Waals surface area contributed by atoms with Crippen molar-refractivity contribution in [2.75, 3.05) is 13.1 Å². The first-order valence-corrected chi connectivity index (χ1v) is 9.38. The fourth-order valence-electron chi connectivity index (χ4n) is 4.05. The zero-order valence-electron chi connectivity index (χ0n) is 15.6. The molecule has 2 unspecified atom stereocenters. The van der Waals surface area contributed by atoms with Crippen LogP contribution in [-0.2, 0) is 0 Å². The first-order chi connectivity index (χ1) is 12.2. The van der Waals surface area contributed by atoms with Crippen LogP contribution in [0.5, 0.6) is 5.75 Å². The van der Waals surface area contributed by atoms with Crippen LogP contribution in [0.1, 0.15) is 48.3 Å². The zero-order valence-corrected chi connectivity index (χ0v) is 17.9. The van der Waals surface area contributed by atoms with Crippen LogP contribution in [0.25, 0.3) is 0 Å². The fourth-order valence-corrected chi connectivity index (χ4v) is 4.05. The smallest absolute Gasteiger partial charge is 0.119 e. The monoisotopic (exact) mass is 463 g/mol. The number of hydrogen-bond acceptors (Lipinski definition) is 2. The Hall–Kier alpha value is -1.33. The van der Waals surface area contributed by atoms with Crippen LogP contribution in [0.3, 0.4) is 0 Å². The number of aromatic hydroxyl groups is 1. The van der Waals surface area contributed by atoms with E-state index in [2.05, 4.69) is 54.8 Å². The third-order valence-corrected chi connectivity index (χ3v) is 5.36. The molecule has 0 radical (unpaired) electrons. The molecule has 1 aliphatic rings. The number of hydrogen-bond donors (Lipinski definition) is 1. The Balaban J connectivity index is 0.00000243. The summed E-state index contributed by atoms with van der Waals surface area (Å²) < 4.78 is 0. The third kappa shape index (κ3) is 5.10. The lowest BCUT2D eigenvalue weighted by Gasteiger charge is -2.31. The van der Waals surface area contributed by atoms with E-state index < -0.39 is 0 Å². The number of phenols is 1. The molecule has 1 saturated heterocycles. The molecule has 2 atom stereocenters. The average Bonchev–Trinajstić information content (AvgIpc) is 3.16. The topological polar surface area (TPSA) is 23.5 Å². The van der Waals surface area contributed by atoms with Gasteiger partial charge in [-0.25, -0.2) is 0 Å². The van der Waals surface area contributed by atoms with E-state index in [1.807, 2.05) is 18.2 Å². The number of rotatable bonds is 7. The Kier molecular flexibility index (Phi) is 8.16. The Morgan fingerprint density at radius 3 is 2.46 bits per heavy atom. The van der Waals surface area contributed by atoms with Gasteiger partial charge in [0.25, 0.3) is 0 Å². The number of aryl methyl sites for hydroxylation is 1. The molecule has 26 heavy (non-hydrogen) atoms. The van der Waals surface area contributed by atoms with Crippen molar-refractivity contribution in [3.05, 3.63) is 77.9 Å². The van der Waals surface area contributed by atoms with Crippen LogP contribution in [0.2, 0.25) is 0 Å². The van der Waals surface area contributed by atoms with E-state index in [1.165, 1.54) is 37.1 Å². The van der Waals surface area contributed by atoms with Gasteiger partial charge in [-0.05, 0) is 57.3 Å². The summed E-state index contributed by atoms with van der Waals surface area (Å²) in [4.78, 5) is 2.60. The number of phenolic OH excluding ortho intramolecular Hbond substituents is 1. The average molecular weight is 463 g/mol. The quantitative estimate of drug-likeness (QED) is 0.410. The van der Waals surface area contributed by atoms with Gasteiger partial charge in [0.15, 0.2) is 0 Å². The molecule has 1 aliphatic heterocycles. The van der Waals surface area contributed by atoms with E-state index in [4.69, 9.17) is 0 Å². The molecule has 0 aliphatic carbocycles. The number of benzene rings is 2. The molecule has 0 aromatic heterocycles. The number of nitrogens with zero attached hydrogens (tertiary/aromatic N) is 1. The largest absolute Gasteiger partial charge is 0.508 e. The Labute approximate surface area is 175 Å². The Morgan fingerprint density at radius 1 is 1.12 bits per heavy atom. The molecular formula is C23H30INO. The van der Waals surface area contributed by atoms with Gasteiger partial charge in [-0.15, -0.1) is 30.6 Å². The molecule has 2 aromatic rings. The summed E-state index contributed by atoms with van der Waals surface area (Å²) in [6.07, 6.45) is 6.63. The summed E-state index contributed by atoms with van der Waals surface area (Å²) in [5.74, 6) is 0.602. The van der Waals surface area contributed by atoms with Crippen LogP contribution < -0.4 is 0 Å². The van der Waals surface area contributed by atoms with Crippen molar-refractivity contribution in [1.82, 2.24) is 4.90 Å². The molecule has 0 bridgehead atoms. The maximum Gasteiger partial charge on any atom is 0.119 e. The Bertz CT molecular complexity index is 695. The first-order valence-electron chi connectivity index (χ1n) is 9.38. The van der Waals surface area contributed by atoms with Crippen LogP contribution in [0.4, 0.5) is 0 Å². The molecule has 2 nitrogen and oxygen atoms in total. The highest BCUT2D eigenvalue weighted by atomic mass is 127. The lowest BCUT2D eigenvalue weighted by Crippen LogP contribution is -2.34. The first kappa shape index (κ1) is 21.0. The van der Waals surface area contributed by atoms with Crippen LogP contribution >= 0.6 is 24.0 Å². The van der Waals surface area contributed by atoms with Gasteiger partial charge in [-0.3, -0.25) is 0 Å². The number of halogens is 1. The van der Waals surface area contributed by atoms with Crippen molar-refractivity contribution in [2.24, 2.45) is 0 Å². The maximum atomic E-state index is 10.5. The minimum Gasteiger partial charge on any atom is -0.508 e. The molecule has 2 aromatic carbocycles. The minimum atomic E-state index is 0. The van der Waals surface area contributed by atoms with Gasteiger partial charge in [0.2, 0.25) is 0 Å². The second-order valence-corrected chi connectivity index (χ2v) is 7.18. The summed E-state index contributed by atoms with van der Waals surface area (Å²) in [5, 5.41) is 10.5. The van der Waals surface area contributed by atoms with E-state index >= 15 is 0 Å². The van der Waals surface area contributed by atoms with Crippen molar-refractivity contribution in [2.45, 2.75) is 44.6 Å². The molecule has 1 N–H and O–H groups in total. The molecule has 3 heteroatoms. The minimum absolute atomic E-state index is 0. The zero-order chi connectivity index (χ0) is 17.6. The standard InChI is InChI=1S/C23H29NO.HI/c1-3-9-20(24-14-7-8-15-24)17-21(19-10-5-4-6-11-19)22-16-18(2)12-13-23(22)25;/h3-6,10-13,16,20-21,25H,1,7-9,14-15,17H2,2H3;1H. The Morgan fingerprint density at radius 2 is 1.81 bits per heavy atom. The highest BCUT2D eigenvalue weighted by molar-refractivity contribution is 14.0. The molecule has 0 amide bonds. The van der Waals surface area contributed by atoms with Gasteiger partial charge in [0.05, 0.1) is 0 Å². The summed E-state index contributed by atoms with van der Waals surface area (Å²) >= 11 is 0. The van der Waals surface area contributed by atoms with Crippen molar-refractivity contribution in [3.63, 3.8) is 0 Å². The van der Waals surface area contributed by atoms with Crippen LogP contribution in [-0.4, -0.2) is 29.1 Å². The van der Waals surface area contributed by atoms with Crippen LogP contribution in [0, 0.1) is 6.92 Å². The molecule has 3 rings (SSSR count). The van der Waals surface area contributed by atoms with E-state index in [0.29, 0.717) is 11.8 Å². The summed E-state index contributed by atoms with van der Waals surface area (Å²) in [6, 6.07) is 17.0. The lowest BCUT2D eigenvalue weighted by molar-refractivity contribution is 0.225. The predicted octanol–water partition coefficient (Wildman–Crippen LogP) is 5.88. The van der Waals surface area contributed by atoms with Gasteiger partial charge < -0.3 is 10.0 Å². The number of likely N-dealkylation sites (tertiary alicyclic amines) is 1. The second kappa shape index (κ2) is 10.1. The molecular weight excluding hydrogens is 433 g/mol. The highest BCUT2D eigenvalue weighted by Crippen LogP contribution is 2.37. The second-order valence-electron chi connectivity index (χ2n) is 7.18. The fraction of sp³-hybridized carbons (Fsp3) is 0.391. The van der Waals surface area contributed by atoms with Gasteiger partial charge in [0, 0.05) is 17.5 Å². The van der Waals surface area contributed by atoms with Crippen molar-refractivity contribution < 1.29 is 5.11 Å². The SMILES string of the molecule is C=CCC(CC(c1ccccc1)c1cc(C)ccc1O)N1CCCC1.I. The van der Waals surface area contributed by atoms with Gasteiger partial charge in [-0.1, -0.05) is 54.1 Å². The third-order valence-electron chi connectivity index (χ3n) is 5.36.